The zero-order valence-corrected chi connectivity index (χ0v) is 14.4. The largest absolute Gasteiger partial charge is 0.416 e. The SMILES string of the molecule is Cc1cc(C(=O)Cn2cnc(C#N)n2)c(C)n1-c1cccc(C(F)(F)F)c1. The van der Waals surface area contributed by atoms with Crippen LogP contribution in [0.2, 0.25) is 0 Å². The second-order valence-corrected chi connectivity index (χ2v) is 5.97. The van der Waals surface area contributed by atoms with Crippen LogP contribution in [0.25, 0.3) is 5.69 Å². The fourth-order valence-corrected chi connectivity index (χ4v) is 2.92. The molecule has 0 amide bonds. The van der Waals surface area contributed by atoms with Crippen molar-refractivity contribution in [3.8, 4) is 11.8 Å². The van der Waals surface area contributed by atoms with Gasteiger partial charge in [-0.15, -0.1) is 5.10 Å². The highest BCUT2D eigenvalue weighted by Crippen LogP contribution is 2.31. The zero-order chi connectivity index (χ0) is 19.8. The molecule has 3 rings (SSSR count). The molecule has 0 atom stereocenters. The summed E-state index contributed by atoms with van der Waals surface area (Å²) in [4.78, 5) is 16.3. The van der Waals surface area contributed by atoms with Crippen LogP contribution in [-0.4, -0.2) is 25.1 Å². The lowest BCUT2D eigenvalue weighted by atomic mass is 10.1. The van der Waals surface area contributed by atoms with E-state index in [0.29, 0.717) is 22.6 Å². The van der Waals surface area contributed by atoms with Crippen molar-refractivity contribution in [2.24, 2.45) is 0 Å². The van der Waals surface area contributed by atoms with Crippen molar-refractivity contribution in [1.82, 2.24) is 19.3 Å². The van der Waals surface area contributed by atoms with Crippen LogP contribution in [0.3, 0.4) is 0 Å². The Balaban J connectivity index is 1.95. The van der Waals surface area contributed by atoms with E-state index in [1.54, 1.807) is 36.6 Å². The summed E-state index contributed by atoms with van der Waals surface area (Å²) in [5.74, 6) is -0.326. The molecule has 6 nitrogen and oxygen atoms in total. The summed E-state index contributed by atoms with van der Waals surface area (Å²) < 4.78 is 41.8. The van der Waals surface area contributed by atoms with Gasteiger partial charge in [-0.2, -0.15) is 18.4 Å². The van der Waals surface area contributed by atoms with Gasteiger partial charge in [-0.05, 0) is 38.1 Å². The van der Waals surface area contributed by atoms with Crippen LogP contribution in [0, 0.1) is 25.2 Å². The van der Waals surface area contributed by atoms with Gasteiger partial charge in [0.1, 0.15) is 18.9 Å². The number of rotatable bonds is 4. The van der Waals surface area contributed by atoms with Crippen LogP contribution in [-0.2, 0) is 12.7 Å². The predicted octanol–water partition coefficient (Wildman–Crippen LogP) is 3.46. The monoisotopic (exact) mass is 373 g/mol. The van der Waals surface area contributed by atoms with Crippen molar-refractivity contribution in [3.63, 3.8) is 0 Å². The number of hydrogen-bond acceptors (Lipinski definition) is 4. The average Bonchev–Trinajstić information content (AvgIpc) is 3.18. The Morgan fingerprint density at radius 2 is 2.00 bits per heavy atom. The normalized spacial score (nSPS) is 11.4. The molecule has 2 heterocycles. The first-order valence-electron chi connectivity index (χ1n) is 7.90. The number of nitriles is 1. The van der Waals surface area contributed by atoms with Crippen LogP contribution in [0.1, 0.15) is 33.1 Å². The Kier molecular flexibility index (Phi) is 4.57. The van der Waals surface area contributed by atoms with Gasteiger partial charge in [0.2, 0.25) is 0 Å². The molecule has 2 aromatic heterocycles. The van der Waals surface area contributed by atoms with Crippen molar-refractivity contribution >= 4 is 5.78 Å². The third-order valence-electron chi connectivity index (χ3n) is 4.11. The average molecular weight is 373 g/mol. The Morgan fingerprint density at radius 1 is 1.26 bits per heavy atom. The Morgan fingerprint density at radius 3 is 2.63 bits per heavy atom. The molecular formula is C18H14F3N5O. The molecular weight excluding hydrogens is 359 g/mol. The maximum atomic E-state index is 13.0. The van der Waals surface area contributed by atoms with E-state index in [4.69, 9.17) is 5.26 Å². The first-order chi connectivity index (χ1) is 12.7. The number of carbonyl (C=O) groups is 1. The number of halogens is 3. The van der Waals surface area contributed by atoms with Gasteiger partial charge >= 0.3 is 6.18 Å². The standard InChI is InChI=1S/C18H14F3N5O/c1-11-6-15(16(27)9-25-10-23-17(8-22)24-25)12(2)26(11)14-5-3-4-13(7-14)18(19,20)21/h3-7,10H,9H2,1-2H3. The summed E-state index contributed by atoms with van der Waals surface area (Å²) in [6.07, 6.45) is -3.17. The molecule has 0 unspecified atom stereocenters. The predicted molar refractivity (Wildman–Crippen MR) is 89.3 cm³/mol. The second-order valence-electron chi connectivity index (χ2n) is 5.97. The van der Waals surface area contributed by atoms with Gasteiger partial charge in [-0.3, -0.25) is 4.79 Å². The third kappa shape index (κ3) is 3.60. The molecule has 0 aliphatic rings. The minimum Gasteiger partial charge on any atom is -0.318 e. The summed E-state index contributed by atoms with van der Waals surface area (Å²) in [5, 5.41) is 12.6. The van der Waals surface area contributed by atoms with E-state index in [1.807, 2.05) is 0 Å². The van der Waals surface area contributed by atoms with Crippen LogP contribution < -0.4 is 0 Å². The van der Waals surface area contributed by atoms with Crippen molar-refractivity contribution in [2.45, 2.75) is 26.6 Å². The van der Waals surface area contributed by atoms with Gasteiger partial charge in [0.15, 0.2) is 5.78 Å². The van der Waals surface area contributed by atoms with E-state index < -0.39 is 11.7 Å². The van der Waals surface area contributed by atoms with Crippen molar-refractivity contribution in [3.05, 3.63) is 65.0 Å². The molecule has 3 aromatic rings. The maximum absolute atomic E-state index is 13.0. The van der Waals surface area contributed by atoms with Gasteiger partial charge in [0.25, 0.3) is 5.82 Å². The highest BCUT2D eigenvalue weighted by Gasteiger charge is 2.30. The van der Waals surface area contributed by atoms with Gasteiger partial charge in [-0.1, -0.05) is 6.07 Å². The van der Waals surface area contributed by atoms with E-state index in [-0.39, 0.29) is 18.2 Å². The van der Waals surface area contributed by atoms with Crippen molar-refractivity contribution < 1.29 is 18.0 Å². The molecule has 1 aromatic carbocycles. The van der Waals surface area contributed by atoms with Crippen molar-refractivity contribution in [1.29, 1.82) is 5.26 Å². The second kappa shape index (κ2) is 6.72. The number of benzene rings is 1. The minimum absolute atomic E-state index is 0.0442. The topological polar surface area (TPSA) is 76.5 Å². The van der Waals surface area contributed by atoms with E-state index in [1.165, 1.54) is 17.1 Å². The summed E-state index contributed by atoms with van der Waals surface area (Å²) in [6, 6.07) is 8.33. The highest BCUT2D eigenvalue weighted by atomic mass is 19.4. The molecule has 0 saturated carbocycles. The summed E-state index contributed by atoms with van der Waals surface area (Å²) in [5.41, 5.74) is 1.10. The molecule has 0 aliphatic carbocycles. The Labute approximate surface area is 152 Å². The molecule has 0 fully saturated rings. The molecule has 0 saturated heterocycles. The number of Topliss-reactive ketones (excluding diaryl/α,β-unsaturated/α-hetero) is 1. The molecule has 0 radical (unpaired) electrons. The molecule has 0 N–H and O–H groups in total. The molecule has 0 aliphatic heterocycles. The lowest BCUT2D eigenvalue weighted by Gasteiger charge is -2.13. The summed E-state index contributed by atoms with van der Waals surface area (Å²) >= 11 is 0. The van der Waals surface area contributed by atoms with Crippen molar-refractivity contribution in [2.75, 3.05) is 0 Å². The zero-order valence-electron chi connectivity index (χ0n) is 14.4. The summed E-state index contributed by atoms with van der Waals surface area (Å²) in [6.45, 7) is 3.26. The highest BCUT2D eigenvalue weighted by molar-refractivity contribution is 5.97. The lowest BCUT2D eigenvalue weighted by Crippen LogP contribution is -2.12. The minimum atomic E-state index is -4.45. The molecule has 138 valence electrons. The van der Waals surface area contributed by atoms with E-state index in [2.05, 4.69) is 10.1 Å². The van der Waals surface area contributed by atoms with E-state index in [9.17, 15) is 18.0 Å². The maximum Gasteiger partial charge on any atom is 0.416 e. The number of alkyl halides is 3. The molecule has 0 bridgehead atoms. The number of hydrogen-bond donors (Lipinski definition) is 0. The first-order valence-corrected chi connectivity index (χ1v) is 7.90. The number of ketones is 1. The molecule has 27 heavy (non-hydrogen) atoms. The smallest absolute Gasteiger partial charge is 0.318 e. The number of aryl methyl sites for hydroxylation is 1. The number of nitrogens with zero attached hydrogens (tertiary/aromatic N) is 5. The van der Waals surface area contributed by atoms with E-state index >= 15 is 0 Å². The van der Waals surface area contributed by atoms with Crippen LogP contribution in [0.4, 0.5) is 13.2 Å². The van der Waals surface area contributed by atoms with Gasteiger partial charge in [0, 0.05) is 22.6 Å². The van der Waals surface area contributed by atoms with Crippen LogP contribution >= 0.6 is 0 Å². The molecule has 0 spiro atoms. The molecule has 9 heteroatoms. The van der Waals surface area contributed by atoms with Crippen LogP contribution in [0.5, 0.6) is 0 Å². The van der Waals surface area contributed by atoms with Crippen LogP contribution in [0.15, 0.2) is 36.7 Å². The van der Waals surface area contributed by atoms with Gasteiger partial charge < -0.3 is 4.57 Å². The first kappa shape index (κ1) is 18.4. The number of carbonyl (C=O) groups excluding carboxylic acids is 1. The fourth-order valence-electron chi connectivity index (χ4n) is 2.92. The lowest BCUT2D eigenvalue weighted by molar-refractivity contribution is -0.137. The van der Waals surface area contributed by atoms with Gasteiger partial charge in [-0.25, -0.2) is 9.67 Å². The number of aromatic nitrogens is 4. The van der Waals surface area contributed by atoms with Gasteiger partial charge in [0.05, 0.1) is 5.56 Å². The Bertz CT molecular complexity index is 1060. The fraction of sp³-hybridized carbons (Fsp3) is 0.222. The van der Waals surface area contributed by atoms with E-state index in [0.717, 1.165) is 12.1 Å². The third-order valence-corrected chi connectivity index (χ3v) is 4.11. The Hall–Kier alpha value is -3.41. The quantitative estimate of drug-likeness (QED) is 0.657. The summed E-state index contributed by atoms with van der Waals surface area (Å²) in [7, 11) is 0.